The molecular formula is C13H14F3N3O3. The molecule has 1 aromatic rings. The lowest BCUT2D eigenvalue weighted by Gasteiger charge is -2.24. The van der Waals surface area contributed by atoms with Gasteiger partial charge in [-0.05, 0) is 25.6 Å². The fraction of sp³-hybridized carbons (Fsp3) is 0.462. The molecule has 9 heteroatoms. The van der Waals surface area contributed by atoms with Crippen LogP contribution in [-0.2, 0) is 15.8 Å². The minimum Gasteiger partial charge on any atom is -0.480 e. The minimum atomic E-state index is -4.61. The molecule has 0 aromatic carbocycles. The van der Waals surface area contributed by atoms with E-state index in [2.05, 4.69) is 4.98 Å². The van der Waals surface area contributed by atoms with Crippen LogP contribution in [0.4, 0.5) is 19.0 Å². The van der Waals surface area contributed by atoms with Gasteiger partial charge in [0.15, 0.2) is 0 Å². The Kier molecular flexibility index (Phi) is 4.10. The number of hydrogen-bond acceptors (Lipinski definition) is 4. The number of alkyl halides is 3. The number of hydrogen-bond donors (Lipinski definition) is 2. The molecule has 2 atom stereocenters. The molecule has 1 aromatic heterocycles. The van der Waals surface area contributed by atoms with Crippen molar-refractivity contribution in [3.8, 4) is 0 Å². The van der Waals surface area contributed by atoms with Crippen LogP contribution in [0.1, 0.15) is 17.7 Å². The Labute approximate surface area is 123 Å². The number of carboxylic acid groups (broad SMARTS) is 1. The van der Waals surface area contributed by atoms with Crippen molar-refractivity contribution in [2.75, 3.05) is 11.4 Å². The van der Waals surface area contributed by atoms with Crippen molar-refractivity contribution in [3.05, 3.63) is 23.4 Å². The summed E-state index contributed by atoms with van der Waals surface area (Å²) in [6.45, 7) is 1.28. The molecule has 0 aliphatic carbocycles. The van der Waals surface area contributed by atoms with Crippen LogP contribution < -0.4 is 10.6 Å². The minimum absolute atomic E-state index is 0.0398. The van der Waals surface area contributed by atoms with Gasteiger partial charge in [-0.15, -0.1) is 0 Å². The van der Waals surface area contributed by atoms with E-state index in [4.69, 9.17) is 5.73 Å². The standard InChI is InChI=1S/C13H14F3N3O3/c1-6-2-8(13(14,15)16)4-9(18-6)19-10(20)3-7(5-17)11(19)12(21)22/h2,4,7,11H,3,5,17H2,1H3,(H,21,22). The van der Waals surface area contributed by atoms with Gasteiger partial charge in [-0.1, -0.05) is 0 Å². The summed E-state index contributed by atoms with van der Waals surface area (Å²) in [5, 5.41) is 9.26. The number of carbonyl (C=O) groups excluding carboxylic acids is 1. The van der Waals surface area contributed by atoms with E-state index >= 15 is 0 Å². The molecule has 0 radical (unpaired) electrons. The van der Waals surface area contributed by atoms with Crippen molar-refractivity contribution in [1.82, 2.24) is 4.98 Å². The molecule has 1 aliphatic rings. The molecule has 0 spiro atoms. The molecule has 2 unspecified atom stereocenters. The first-order valence-corrected chi connectivity index (χ1v) is 6.46. The number of carbonyl (C=O) groups is 2. The Bertz CT molecular complexity index is 618. The first kappa shape index (κ1) is 16.2. The summed E-state index contributed by atoms with van der Waals surface area (Å²) in [6.07, 6.45) is -4.75. The predicted octanol–water partition coefficient (Wildman–Crippen LogP) is 1.17. The number of amides is 1. The SMILES string of the molecule is Cc1cc(C(F)(F)F)cc(N2C(=O)CC(CN)C2C(=O)O)n1. The number of halogens is 3. The van der Waals surface area contributed by atoms with Crippen molar-refractivity contribution >= 4 is 17.7 Å². The van der Waals surface area contributed by atoms with E-state index in [1.165, 1.54) is 6.92 Å². The first-order chi connectivity index (χ1) is 10.1. The van der Waals surface area contributed by atoms with E-state index in [0.29, 0.717) is 6.07 Å². The van der Waals surface area contributed by atoms with Crippen molar-refractivity contribution in [3.63, 3.8) is 0 Å². The molecular weight excluding hydrogens is 303 g/mol. The summed E-state index contributed by atoms with van der Waals surface area (Å²) in [6, 6.07) is 0.202. The van der Waals surface area contributed by atoms with Gasteiger partial charge in [0.1, 0.15) is 11.9 Å². The third kappa shape index (κ3) is 2.89. The number of pyridine rings is 1. The molecule has 1 aliphatic heterocycles. The Morgan fingerprint density at radius 1 is 1.50 bits per heavy atom. The van der Waals surface area contributed by atoms with Crippen molar-refractivity contribution in [1.29, 1.82) is 0 Å². The van der Waals surface area contributed by atoms with Crippen LogP contribution in [0.3, 0.4) is 0 Å². The number of carboxylic acids is 1. The zero-order valence-corrected chi connectivity index (χ0v) is 11.6. The van der Waals surface area contributed by atoms with Gasteiger partial charge in [0.25, 0.3) is 0 Å². The van der Waals surface area contributed by atoms with Crippen molar-refractivity contribution in [2.45, 2.75) is 25.6 Å². The Morgan fingerprint density at radius 3 is 2.64 bits per heavy atom. The first-order valence-electron chi connectivity index (χ1n) is 6.46. The predicted molar refractivity (Wildman–Crippen MR) is 70.0 cm³/mol. The number of aliphatic carboxylic acids is 1. The summed E-state index contributed by atoms with van der Waals surface area (Å²) >= 11 is 0. The van der Waals surface area contributed by atoms with Crippen LogP contribution in [0.25, 0.3) is 0 Å². The highest BCUT2D eigenvalue weighted by molar-refractivity contribution is 6.02. The highest BCUT2D eigenvalue weighted by Gasteiger charge is 2.45. The van der Waals surface area contributed by atoms with Gasteiger partial charge in [0, 0.05) is 18.0 Å². The van der Waals surface area contributed by atoms with Gasteiger partial charge >= 0.3 is 12.1 Å². The Balaban J connectivity index is 2.52. The molecule has 6 nitrogen and oxygen atoms in total. The maximum Gasteiger partial charge on any atom is 0.416 e. The number of anilines is 1. The fourth-order valence-electron chi connectivity index (χ4n) is 2.53. The molecule has 120 valence electrons. The summed E-state index contributed by atoms with van der Waals surface area (Å²) < 4.78 is 38.6. The molecule has 2 rings (SSSR count). The van der Waals surface area contributed by atoms with Crippen LogP contribution in [-0.4, -0.2) is 34.6 Å². The van der Waals surface area contributed by atoms with Crippen molar-refractivity contribution in [2.24, 2.45) is 11.7 Å². The molecule has 22 heavy (non-hydrogen) atoms. The lowest BCUT2D eigenvalue weighted by molar-refractivity contribution is -0.139. The van der Waals surface area contributed by atoms with Gasteiger partial charge < -0.3 is 10.8 Å². The van der Waals surface area contributed by atoms with Crippen LogP contribution in [0.5, 0.6) is 0 Å². The average Bonchev–Trinajstić information content (AvgIpc) is 2.74. The normalized spacial score (nSPS) is 22.2. The second-order valence-electron chi connectivity index (χ2n) is 5.10. The van der Waals surface area contributed by atoms with E-state index < -0.39 is 35.6 Å². The maximum absolute atomic E-state index is 12.9. The lowest BCUT2D eigenvalue weighted by Crippen LogP contribution is -2.43. The Hall–Kier alpha value is -2.16. The van der Waals surface area contributed by atoms with Crippen molar-refractivity contribution < 1.29 is 27.9 Å². The number of rotatable bonds is 3. The van der Waals surface area contributed by atoms with E-state index in [1.807, 2.05) is 0 Å². The molecule has 3 N–H and O–H groups in total. The van der Waals surface area contributed by atoms with Crippen LogP contribution in [0.15, 0.2) is 12.1 Å². The van der Waals surface area contributed by atoms with E-state index in [-0.39, 0.29) is 24.5 Å². The van der Waals surface area contributed by atoms with Crippen LogP contribution in [0.2, 0.25) is 0 Å². The third-order valence-corrected chi connectivity index (χ3v) is 3.50. The fourth-order valence-corrected chi connectivity index (χ4v) is 2.53. The number of aromatic nitrogens is 1. The summed E-state index contributed by atoms with van der Waals surface area (Å²) in [4.78, 5) is 28.1. The van der Waals surface area contributed by atoms with Gasteiger partial charge in [-0.25, -0.2) is 9.78 Å². The topological polar surface area (TPSA) is 96.5 Å². The third-order valence-electron chi connectivity index (χ3n) is 3.50. The maximum atomic E-state index is 12.9. The molecule has 2 heterocycles. The van der Waals surface area contributed by atoms with Gasteiger partial charge in [-0.2, -0.15) is 13.2 Å². The van der Waals surface area contributed by atoms with Crippen LogP contribution >= 0.6 is 0 Å². The highest BCUT2D eigenvalue weighted by atomic mass is 19.4. The quantitative estimate of drug-likeness (QED) is 0.872. The Morgan fingerprint density at radius 2 is 2.14 bits per heavy atom. The summed E-state index contributed by atoms with van der Waals surface area (Å²) in [7, 11) is 0. The summed E-state index contributed by atoms with van der Waals surface area (Å²) in [5.41, 5.74) is 4.51. The molecule has 0 saturated carbocycles. The monoisotopic (exact) mass is 317 g/mol. The summed E-state index contributed by atoms with van der Waals surface area (Å²) in [5.74, 6) is -2.91. The number of nitrogens with zero attached hydrogens (tertiary/aromatic N) is 2. The zero-order valence-electron chi connectivity index (χ0n) is 11.6. The molecule has 1 amide bonds. The molecule has 1 saturated heterocycles. The van der Waals surface area contributed by atoms with E-state index in [9.17, 15) is 27.9 Å². The van der Waals surface area contributed by atoms with Gasteiger partial charge in [-0.3, -0.25) is 9.69 Å². The zero-order chi connectivity index (χ0) is 16.7. The number of nitrogens with two attached hydrogens (primary N) is 1. The molecule has 0 bridgehead atoms. The largest absolute Gasteiger partial charge is 0.480 e. The second kappa shape index (κ2) is 5.56. The van der Waals surface area contributed by atoms with Gasteiger partial charge in [0.2, 0.25) is 5.91 Å². The highest BCUT2D eigenvalue weighted by Crippen LogP contribution is 2.35. The van der Waals surface area contributed by atoms with E-state index in [0.717, 1.165) is 11.0 Å². The smallest absolute Gasteiger partial charge is 0.416 e. The average molecular weight is 317 g/mol. The lowest BCUT2D eigenvalue weighted by atomic mass is 10.0. The van der Waals surface area contributed by atoms with E-state index in [1.54, 1.807) is 0 Å². The number of aryl methyl sites for hydroxylation is 1. The van der Waals surface area contributed by atoms with Crippen LogP contribution in [0, 0.1) is 12.8 Å². The van der Waals surface area contributed by atoms with Gasteiger partial charge in [0.05, 0.1) is 5.56 Å². The molecule has 1 fully saturated rings. The second-order valence-corrected chi connectivity index (χ2v) is 5.10.